The first-order chi connectivity index (χ1) is 13.8. The molecule has 0 spiro atoms. The summed E-state index contributed by atoms with van der Waals surface area (Å²) in [6, 6.07) is 13.2. The van der Waals surface area contributed by atoms with E-state index in [1.807, 2.05) is 69.2 Å². The average Bonchev–Trinajstić information content (AvgIpc) is 3.12. The van der Waals surface area contributed by atoms with Crippen LogP contribution in [0.3, 0.4) is 0 Å². The molecule has 7 nitrogen and oxygen atoms in total. The Hall–Kier alpha value is -2.77. The van der Waals surface area contributed by atoms with Gasteiger partial charge in [0.05, 0.1) is 6.04 Å². The Labute approximate surface area is 170 Å². The van der Waals surface area contributed by atoms with Gasteiger partial charge < -0.3 is 14.9 Å². The van der Waals surface area contributed by atoms with Crippen molar-refractivity contribution in [2.75, 3.05) is 27.2 Å². The zero-order valence-electron chi connectivity index (χ0n) is 17.3. The summed E-state index contributed by atoms with van der Waals surface area (Å²) in [6.45, 7) is 4.77. The Morgan fingerprint density at radius 1 is 1.21 bits per heavy atom. The van der Waals surface area contributed by atoms with Gasteiger partial charge in [0.1, 0.15) is 5.60 Å². The van der Waals surface area contributed by atoms with Gasteiger partial charge in [0, 0.05) is 30.5 Å². The maximum Gasteiger partial charge on any atom is 0.274 e. The summed E-state index contributed by atoms with van der Waals surface area (Å²) in [5.41, 5.74) is 2.77. The number of amides is 1. The van der Waals surface area contributed by atoms with Gasteiger partial charge in [-0.3, -0.25) is 4.79 Å². The van der Waals surface area contributed by atoms with Crippen LogP contribution in [0.4, 0.5) is 0 Å². The van der Waals surface area contributed by atoms with Crippen LogP contribution in [-0.4, -0.2) is 68.6 Å². The molecule has 1 aromatic carbocycles. The van der Waals surface area contributed by atoms with Crippen LogP contribution in [0.5, 0.6) is 0 Å². The number of nitrogens with zero attached hydrogens (tertiary/aromatic N) is 5. The molecule has 0 radical (unpaired) electrons. The van der Waals surface area contributed by atoms with E-state index in [9.17, 15) is 9.90 Å². The number of aryl methyl sites for hydroxylation is 2. The molecule has 2 aromatic heterocycles. The van der Waals surface area contributed by atoms with Crippen LogP contribution >= 0.6 is 0 Å². The lowest BCUT2D eigenvalue weighted by molar-refractivity contribution is -0.0811. The third-order valence-corrected chi connectivity index (χ3v) is 5.84. The molecule has 3 heterocycles. The van der Waals surface area contributed by atoms with Crippen LogP contribution < -0.4 is 0 Å². The third kappa shape index (κ3) is 3.41. The smallest absolute Gasteiger partial charge is 0.274 e. The van der Waals surface area contributed by atoms with Crippen LogP contribution in [0, 0.1) is 13.8 Å². The summed E-state index contributed by atoms with van der Waals surface area (Å²) >= 11 is 0. The first kappa shape index (κ1) is 19.5. The number of likely N-dealkylation sites (N-methyl/N-ethyl adjacent to an activating group) is 1. The highest BCUT2D eigenvalue weighted by Crippen LogP contribution is 2.35. The Morgan fingerprint density at radius 2 is 1.93 bits per heavy atom. The number of rotatable bonds is 3. The zero-order valence-corrected chi connectivity index (χ0v) is 17.3. The SMILES string of the molecule is Cc1cc(C)n2nc(C(=O)N3CC[C@](O)(c4ccccc4)[C@H](N(C)C)C3)cc2n1. The number of carbonyl (C=O) groups excluding carboxylic acids is 1. The molecule has 1 aliphatic heterocycles. The van der Waals surface area contributed by atoms with Crippen molar-refractivity contribution in [2.24, 2.45) is 0 Å². The molecule has 4 rings (SSSR count). The van der Waals surface area contributed by atoms with E-state index >= 15 is 0 Å². The molecule has 29 heavy (non-hydrogen) atoms. The van der Waals surface area contributed by atoms with Crippen molar-refractivity contribution in [1.29, 1.82) is 0 Å². The monoisotopic (exact) mass is 393 g/mol. The average molecular weight is 393 g/mol. The molecule has 152 valence electrons. The molecule has 0 aliphatic carbocycles. The molecular formula is C22H27N5O2. The molecule has 1 fully saturated rings. The van der Waals surface area contributed by atoms with E-state index in [-0.39, 0.29) is 11.9 Å². The summed E-state index contributed by atoms with van der Waals surface area (Å²) < 4.78 is 1.70. The highest BCUT2D eigenvalue weighted by molar-refractivity contribution is 5.93. The first-order valence-electron chi connectivity index (χ1n) is 9.87. The maximum atomic E-state index is 13.2. The second kappa shape index (κ2) is 7.24. The van der Waals surface area contributed by atoms with Crippen LogP contribution in [-0.2, 0) is 5.60 Å². The normalized spacial score (nSPS) is 22.4. The van der Waals surface area contributed by atoms with E-state index in [0.717, 1.165) is 17.0 Å². The van der Waals surface area contributed by atoms with Crippen molar-refractivity contribution in [3.05, 3.63) is 65.1 Å². The fourth-order valence-corrected chi connectivity index (χ4v) is 4.31. The van der Waals surface area contributed by atoms with Gasteiger partial charge in [-0.15, -0.1) is 0 Å². The number of aromatic nitrogens is 3. The molecule has 2 atom stereocenters. The van der Waals surface area contributed by atoms with Gasteiger partial charge >= 0.3 is 0 Å². The maximum absolute atomic E-state index is 13.2. The molecule has 1 saturated heterocycles. The number of benzene rings is 1. The number of carbonyl (C=O) groups is 1. The molecule has 1 aliphatic rings. The Bertz CT molecular complexity index is 1050. The van der Waals surface area contributed by atoms with E-state index < -0.39 is 5.60 Å². The van der Waals surface area contributed by atoms with Crippen molar-refractivity contribution in [2.45, 2.75) is 31.9 Å². The van der Waals surface area contributed by atoms with E-state index in [1.165, 1.54) is 0 Å². The number of hydrogen-bond donors (Lipinski definition) is 1. The fourth-order valence-electron chi connectivity index (χ4n) is 4.31. The highest BCUT2D eigenvalue weighted by atomic mass is 16.3. The minimum Gasteiger partial charge on any atom is -0.383 e. The molecule has 0 saturated carbocycles. The Morgan fingerprint density at radius 3 is 2.62 bits per heavy atom. The lowest BCUT2D eigenvalue weighted by Crippen LogP contribution is -2.60. The van der Waals surface area contributed by atoms with Gasteiger partial charge in [0.15, 0.2) is 11.3 Å². The Kier molecular flexibility index (Phi) is 4.88. The molecule has 3 aromatic rings. The predicted molar refractivity (Wildman–Crippen MR) is 111 cm³/mol. The van der Waals surface area contributed by atoms with Crippen molar-refractivity contribution < 1.29 is 9.90 Å². The summed E-state index contributed by atoms with van der Waals surface area (Å²) in [4.78, 5) is 21.5. The second-order valence-electron chi connectivity index (χ2n) is 8.11. The van der Waals surface area contributed by atoms with Gasteiger partial charge in [-0.05, 0) is 46.0 Å². The largest absolute Gasteiger partial charge is 0.383 e. The molecule has 0 unspecified atom stereocenters. The molecule has 7 heteroatoms. The van der Waals surface area contributed by atoms with Crippen molar-refractivity contribution >= 4 is 11.6 Å². The summed E-state index contributed by atoms with van der Waals surface area (Å²) in [5, 5.41) is 16.0. The minimum absolute atomic E-state index is 0.130. The second-order valence-corrected chi connectivity index (χ2v) is 8.11. The van der Waals surface area contributed by atoms with Crippen LogP contribution in [0.1, 0.15) is 33.9 Å². The number of likely N-dealkylation sites (tertiary alicyclic amines) is 1. The summed E-state index contributed by atoms with van der Waals surface area (Å²) in [7, 11) is 3.88. The molecular weight excluding hydrogens is 366 g/mol. The standard InChI is InChI=1S/C22H27N5O2/c1-15-12-16(2)27-20(23-15)13-18(24-27)21(28)26-11-10-22(29,19(14-26)25(3)4)17-8-6-5-7-9-17/h5-9,12-13,19,29H,10-11,14H2,1-4H3/t19-,22+/m1/s1. The van der Waals surface area contributed by atoms with Crippen LogP contribution in [0.2, 0.25) is 0 Å². The van der Waals surface area contributed by atoms with Gasteiger partial charge in [-0.2, -0.15) is 5.10 Å². The van der Waals surface area contributed by atoms with Gasteiger partial charge in [-0.1, -0.05) is 30.3 Å². The summed E-state index contributed by atoms with van der Waals surface area (Å²) in [5.74, 6) is -0.130. The topological polar surface area (TPSA) is 74.0 Å². The van der Waals surface area contributed by atoms with E-state index in [4.69, 9.17) is 0 Å². The number of aliphatic hydroxyl groups is 1. The van der Waals surface area contributed by atoms with Crippen LogP contribution in [0.15, 0.2) is 42.5 Å². The summed E-state index contributed by atoms with van der Waals surface area (Å²) in [6.07, 6.45) is 0.468. The third-order valence-electron chi connectivity index (χ3n) is 5.84. The zero-order chi connectivity index (χ0) is 20.8. The quantitative estimate of drug-likeness (QED) is 0.737. The lowest BCUT2D eigenvalue weighted by atomic mass is 9.79. The van der Waals surface area contributed by atoms with Crippen molar-refractivity contribution in [3.8, 4) is 0 Å². The fraction of sp³-hybridized carbons (Fsp3) is 0.409. The van der Waals surface area contributed by atoms with Crippen molar-refractivity contribution in [1.82, 2.24) is 24.4 Å². The van der Waals surface area contributed by atoms with Gasteiger partial charge in [-0.25, -0.2) is 9.50 Å². The van der Waals surface area contributed by atoms with Crippen molar-refractivity contribution in [3.63, 3.8) is 0 Å². The number of hydrogen-bond acceptors (Lipinski definition) is 5. The van der Waals surface area contributed by atoms with Crippen LogP contribution in [0.25, 0.3) is 5.65 Å². The van der Waals surface area contributed by atoms with E-state index in [2.05, 4.69) is 10.1 Å². The minimum atomic E-state index is -1.00. The van der Waals surface area contributed by atoms with Gasteiger partial charge in [0.25, 0.3) is 5.91 Å². The molecule has 1 amide bonds. The molecule has 1 N–H and O–H groups in total. The van der Waals surface area contributed by atoms with E-state index in [0.29, 0.717) is 30.9 Å². The highest BCUT2D eigenvalue weighted by Gasteiger charge is 2.45. The van der Waals surface area contributed by atoms with Gasteiger partial charge in [0.2, 0.25) is 0 Å². The first-order valence-corrected chi connectivity index (χ1v) is 9.87. The lowest BCUT2D eigenvalue weighted by Gasteiger charge is -2.47. The predicted octanol–water partition coefficient (Wildman–Crippen LogP) is 2.01. The number of piperidine rings is 1. The molecule has 0 bridgehead atoms. The van der Waals surface area contributed by atoms with E-state index in [1.54, 1.807) is 15.5 Å². The Balaban J connectivity index is 1.62. The number of fused-ring (bicyclic) bond motifs is 1.